The Morgan fingerprint density at radius 2 is 1.81 bits per heavy atom. The van der Waals surface area contributed by atoms with Crippen molar-refractivity contribution in [1.82, 2.24) is 9.97 Å². The van der Waals surface area contributed by atoms with E-state index in [9.17, 15) is 9.18 Å². The zero-order valence-corrected chi connectivity index (χ0v) is 12.8. The van der Waals surface area contributed by atoms with E-state index >= 15 is 0 Å². The Labute approximate surface area is 128 Å². The second-order valence-corrected chi connectivity index (χ2v) is 5.86. The van der Waals surface area contributed by atoms with E-state index in [0.29, 0.717) is 22.2 Å². The summed E-state index contributed by atoms with van der Waals surface area (Å²) in [5.41, 5.74) is 9.31. The van der Waals surface area contributed by atoms with E-state index in [-0.39, 0.29) is 11.5 Å². The first kappa shape index (κ1) is 14.0. The van der Waals surface area contributed by atoms with Crippen LogP contribution in [-0.2, 0) is 0 Å². The van der Waals surface area contributed by atoms with Gasteiger partial charge in [-0.2, -0.15) is 0 Å². The zero-order valence-electron chi connectivity index (χ0n) is 11.2. The number of fused-ring (bicyclic) bond motifs is 1. The van der Waals surface area contributed by atoms with Crippen LogP contribution in [0.15, 0.2) is 39.6 Å². The summed E-state index contributed by atoms with van der Waals surface area (Å²) in [6, 6.07) is 7.74. The Morgan fingerprint density at radius 1 is 1.14 bits per heavy atom. The number of hydrogen-bond donors (Lipinski definition) is 3. The molecular weight excluding hydrogens is 337 g/mol. The van der Waals surface area contributed by atoms with Crippen LogP contribution in [0.2, 0.25) is 0 Å². The van der Waals surface area contributed by atoms with Gasteiger partial charge < -0.3 is 15.7 Å². The van der Waals surface area contributed by atoms with E-state index in [1.807, 2.05) is 6.92 Å². The SMILES string of the molecule is Cc1ccc(F)c(C(N)c2cc3[nH]c(=O)[nH]c3cc2Br)c1. The summed E-state index contributed by atoms with van der Waals surface area (Å²) in [6.45, 7) is 1.89. The largest absolute Gasteiger partial charge is 0.323 e. The number of nitrogens with one attached hydrogen (secondary N) is 2. The summed E-state index contributed by atoms with van der Waals surface area (Å²) >= 11 is 3.43. The molecule has 1 unspecified atom stereocenters. The first-order valence-electron chi connectivity index (χ1n) is 6.39. The minimum Gasteiger partial charge on any atom is -0.320 e. The van der Waals surface area contributed by atoms with Gasteiger partial charge in [0.15, 0.2) is 0 Å². The maximum atomic E-state index is 14.0. The van der Waals surface area contributed by atoms with Gasteiger partial charge >= 0.3 is 5.69 Å². The third kappa shape index (κ3) is 2.52. The standard InChI is InChI=1S/C15H13BrFN3O/c1-7-2-3-11(17)9(4-7)14(18)8-5-12-13(6-10(8)16)20-15(21)19-12/h2-6,14H,18H2,1H3,(H2,19,20,21). The van der Waals surface area contributed by atoms with Gasteiger partial charge in [-0.15, -0.1) is 0 Å². The highest BCUT2D eigenvalue weighted by molar-refractivity contribution is 9.10. The molecule has 0 saturated carbocycles. The molecule has 6 heteroatoms. The lowest BCUT2D eigenvalue weighted by atomic mass is 9.97. The molecule has 0 aliphatic rings. The van der Waals surface area contributed by atoms with Crippen LogP contribution in [-0.4, -0.2) is 9.97 Å². The van der Waals surface area contributed by atoms with Gasteiger partial charge in [-0.3, -0.25) is 0 Å². The van der Waals surface area contributed by atoms with Crippen molar-refractivity contribution in [2.75, 3.05) is 0 Å². The second-order valence-electron chi connectivity index (χ2n) is 5.00. The molecule has 0 spiro atoms. The molecule has 21 heavy (non-hydrogen) atoms. The van der Waals surface area contributed by atoms with Crippen LogP contribution in [0.1, 0.15) is 22.7 Å². The number of aromatic nitrogens is 2. The van der Waals surface area contributed by atoms with E-state index in [2.05, 4.69) is 25.9 Å². The molecule has 1 aromatic heterocycles. The second kappa shape index (κ2) is 5.13. The van der Waals surface area contributed by atoms with E-state index in [1.165, 1.54) is 6.07 Å². The predicted molar refractivity (Wildman–Crippen MR) is 83.8 cm³/mol. The number of H-pyrrole nitrogens is 2. The molecular formula is C15H13BrFN3O. The maximum absolute atomic E-state index is 14.0. The Bertz CT molecular complexity index is 884. The van der Waals surface area contributed by atoms with Crippen LogP contribution in [0, 0.1) is 12.7 Å². The van der Waals surface area contributed by atoms with Crippen LogP contribution in [0.4, 0.5) is 4.39 Å². The van der Waals surface area contributed by atoms with Gasteiger partial charge in [0.25, 0.3) is 0 Å². The molecule has 0 bridgehead atoms. The van der Waals surface area contributed by atoms with Crippen molar-refractivity contribution in [1.29, 1.82) is 0 Å². The van der Waals surface area contributed by atoms with Gasteiger partial charge in [-0.25, -0.2) is 9.18 Å². The Morgan fingerprint density at radius 3 is 2.52 bits per heavy atom. The van der Waals surface area contributed by atoms with Crippen LogP contribution in [0.3, 0.4) is 0 Å². The third-order valence-corrected chi connectivity index (χ3v) is 4.14. The lowest BCUT2D eigenvalue weighted by molar-refractivity contribution is 0.599. The van der Waals surface area contributed by atoms with E-state index in [0.717, 1.165) is 10.0 Å². The van der Waals surface area contributed by atoms with Crippen molar-refractivity contribution in [2.45, 2.75) is 13.0 Å². The molecule has 4 nitrogen and oxygen atoms in total. The monoisotopic (exact) mass is 349 g/mol. The molecule has 0 aliphatic carbocycles. The molecule has 3 aromatic rings. The third-order valence-electron chi connectivity index (χ3n) is 3.45. The minimum absolute atomic E-state index is 0.288. The zero-order chi connectivity index (χ0) is 15.1. The molecule has 0 amide bonds. The fourth-order valence-electron chi connectivity index (χ4n) is 2.38. The van der Waals surface area contributed by atoms with Gasteiger partial charge in [-0.1, -0.05) is 33.6 Å². The van der Waals surface area contributed by atoms with Crippen LogP contribution in [0.5, 0.6) is 0 Å². The summed E-state index contributed by atoms with van der Waals surface area (Å²) in [7, 11) is 0. The average Bonchev–Trinajstić information content (AvgIpc) is 2.79. The van der Waals surface area contributed by atoms with Crippen molar-refractivity contribution in [3.8, 4) is 0 Å². The van der Waals surface area contributed by atoms with Gasteiger partial charge in [0, 0.05) is 10.0 Å². The van der Waals surface area contributed by atoms with Crippen molar-refractivity contribution >= 4 is 27.0 Å². The smallest absolute Gasteiger partial charge is 0.320 e. The van der Waals surface area contributed by atoms with Crippen LogP contribution in [0.25, 0.3) is 11.0 Å². The van der Waals surface area contributed by atoms with Crippen molar-refractivity contribution in [3.63, 3.8) is 0 Å². The number of hydrogen-bond acceptors (Lipinski definition) is 2. The molecule has 3 rings (SSSR count). The number of imidazole rings is 1. The normalized spacial score (nSPS) is 12.8. The van der Waals surface area contributed by atoms with Crippen LogP contribution < -0.4 is 11.4 Å². The average molecular weight is 350 g/mol. The van der Waals surface area contributed by atoms with Gasteiger partial charge in [0.05, 0.1) is 17.1 Å². The fraction of sp³-hybridized carbons (Fsp3) is 0.133. The number of aromatic amines is 2. The topological polar surface area (TPSA) is 74.7 Å². The van der Waals surface area contributed by atoms with Crippen molar-refractivity contribution < 1.29 is 4.39 Å². The highest BCUT2D eigenvalue weighted by Crippen LogP contribution is 2.31. The van der Waals surface area contributed by atoms with E-state index < -0.39 is 6.04 Å². The first-order valence-corrected chi connectivity index (χ1v) is 7.18. The lowest BCUT2D eigenvalue weighted by Gasteiger charge is -2.16. The van der Waals surface area contributed by atoms with Gasteiger partial charge in [0.1, 0.15) is 5.82 Å². The number of benzene rings is 2. The van der Waals surface area contributed by atoms with E-state index in [1.54, 1.807) is 24.3 Å². The summed E-state index contributed by atoms with van der Waals surface area (Å²) in [5.74, 6) is -0.345. The van der Waals surface area contributed by atoms with Crippen molar-refractivity contribution in [3.05, 3.63) is 67.8 Å². The highest BCUT2D eigenvalue weighted by Gasteiger charge is 2.17. The Hall–Kier alpha value is -1.92. The molecule has 1 atom stereocenters. The molecule has 108 valence electrons. The highest BCUT2D eigenvalue weighted by atomic mass is 79.9. The first-order chi connectivity index (χ1) is 9.95. The van der Waals surface area contributed by atoms with Gasteiger partial charge in [-0.05, 0) is 30.7 Å². The summed E-state index contributed by atoms with van der Waals surface area (Å²) in [6.07, 6.45) is 0. The predicted octanol–water partition coefficient (Wildman–Crippen LogP) is 3.11. The number of aryl methyl sites for hydroxylation is 1. The summed E-state index contributed by atoms with van der Waals surface area (Å²) in [5, 5.41) is 0. The quantitative estimate of drug-likeness (QED) is 0.664. The molecule has 0 saturated heterocycles. The number of rotatable bonds is 2. The number of halogens is 2. The molecule has 1 heterocycles. The molecule has 0 fully saturated rings. The summed E-state index contributed by atoms with van der Waals surface area (Å²) in [4.78, 5) is 16.7. The maximum Gasteiger partial charge on any atom is 0.323 e. The molecule has 4 N–H and O–H groups in total. The molecule has 0 radical (unpaired) electrons. The minimum atomic E-state index is -0.623. The fourth-order valence-corrected chi connectivity index (χ4v) is 2.97. The van der Waals surface area contributed by atoms with Gasteiger partial charge in [0.2, 0.25) is 0 Å². The Balaban J connectivity index is 2.16. The Kier molecular flexibility index (Phi) is 3.43. The van der Waals surface area contributed by atoms with E-state index in [4.69, 9.17) is 5.73 Å². The molecule has 0 aliphatic heterocycles. The molecule has 2 aromatic carbocycles. The van der Waals surface area contributed by atoms with Crippen LogP contribution >= 0.6 is 15.9 Å². The van der Waals surface area contributed by atoms with Crippen molar-refractivity contribution in [2.24, 2.45) is 5.73 Å². The lowest BCUT2D eigenvalue weighted by Crippen LogP contribution is -2.14. The number of nitrogens with two attached hydrogens (primary N) is 1. The summed E-state index contributed by atoms with van der Waals surface area (Å²) < 4.78 is 14.7.